The second-order valence-electron chi connectivity index (χ2n) is 3.97. The minimum Gasteiger partial charge on any atom is -0.384 e. The number of hydrogen-bond acceptors (Lipinski definition) is 2. The number of nitrogen functional groups attached to an aromatic ring is 1. The Morgan fingerprint density at radius 2 is 2.38 bits per heavy atom. The normalized spacial score (nSPS) is 21.5. The highest BCUT2D eigenvalue weighted by molar-refractivity contribution is 5.44. The number of aryl methyl sites for hydroxylation is 2. The van der Waals surface area contributed by atoms with Gasteiger partial charge in [-0.1, -0.05) is 6.92 Å². The molecule has 1 aromatic rings. The monoisotopic (exact) mass is 179 g/mol. The van der Waals surface area contributed by atoms with Crippen molar-refractivity contribution in [1.82, 2.24) is 9.78 Å². The summed E-state index contributed by atoms with van der Waals surface area (Å²) in [4.78, 5) is 0. The van der Waals surface area contributed by atoms with Crippen LogP contribution in [0.15, 0.2) is 0 Å². The maximum Gasteiger partial charge on any atom is 0.125 e. The first-order valence-electron chi connectivity index (χ1n) is 5.06. The number of rotatable bonds is 1. The van der Waals surface area contributed by atoms with Crippen LogP contribution in [-0.4, -0.2) is 9.78 Å². The average Bonchev–Trinajstić information content (AvgIpc) is 2.44. The van der Waals surface area contributed by atoms with Gasteiger partial charge < -0.3 is 5.73 Å². The number of anilines is 1. The molecule has 0 bridgehead atoms. The lowest BCUT2D eigenvalue weighted by atomic mass is 9.89. The van der Waals surface area contributed by atoms with Gasteiger partial charge in [-0.3, -0.25) is 0 Å². The molecule has 0 spiro atoms. The summed E-state index contributed by atoms with van der Waals surface area (Å²) >= 11 is 0. The molecule has 1 unspecified atom stereocenters. The first kappa shape index (κ1) is 8.60. The molecule has 2 rings (SSSR count). The Morgan fingerprint density at radius 1 is 1.62 bits per heavy atom. The first-order chi connectivity index (χ1) is 6.22. The molecule has 1 heterocycles. The van der Waals surface area contributed by atoms with Crippen LogP contribution in [-0.2, 0) is 19.4 Å². The molecule has 0 radical (unpaired) electrons. The molecule has 0 aliphatic heterocycles. The standard InChI is InChI=1S/C10H17N3/c1-3-13-10(11)8-6-7(2)4-5-9(8)12-13/h7H,3-6,11H2,1-2H3. The van der Waals surface area contributed by atoms with Crippen molar-refractivity contribution in [3.05, 3.63) is 11.3 Å². The second-order valence-corrected chi connectivity index (χ2v) is 3.97. The fourth-order valence-electron chi connectivity index (χ4n) is 2.06. The van der Waals surface area contributed by atoms with Gasteiger partial charge in [0.05, 0.1) is 5.69 Å². The van der Waals surface area contributed by atoms with Crippen LogP contribution in [0.1, 0.15) is 31.5 Å². The molecule has 1 atom stereocenters. The summed E-state index contributed by atoms with van der Waals surface area (Å²) in [6, 6.07) is 0. The Hall–Kier alpha value is -0.990. The van der Waals surface area contributed by atoms with Crippen molar-refractivity contribution >= 4 is 5.82 Å². The average molecular weight is 179 g/mol. The van der Waals surface area contributed by atoms with E-state index in [2.05, 4.69) is 18.9 Å². The SMILES string of the molecule is CCn1nc2c(c1N)CC(C)CC2. The summed E-state index contributed by atoms with van der Waals surface area (Å²) in [5, 5.41) is 4.49. The Kier molecular flexibility index (Phi) is 2.02. The van der Waals surface area contributed by atoms with E-state index in [0.29, 0.717) is 0 Å². The van der Waals surface area contributed by atoms with E-state index in [0.717, 1.165) is 31.1 Å². The van der Waals surface area contributed by atoms with Crippen molar-refractivity contribution in [3.63, 3.8) is 0 Å². The molecule has 1 aliphatic carbocycles. The summed E-state index contributed by atoms with van der Waals surface area (Å²) in [5.41, 5.74) is 8.54. The van der Waals surface area contributed by atoms with Crippen LogP contribution >= 0.6 is 0 Å². The highest BCUT2D eigenvalue weighted by atomic mass is 15.3. The predicted octanol–water partition coefficient (Wildman–Crippen LogP) is 1.61. The largest absolute Gasteiger partial charge is 0.384 e. The van der Waals surface area contributed by atoms with Gasteiger partial charge in [0, 0.05) is 12.1 Å². The molecule has 3 nitrogen and oxygen atoms in total. The fourth-order valence-corrected chi connectivity index (χ4v) is 2.06. The topological polar surface area (TPSA) is 43.8 Å². The van der Waals surface area contributed by atoms with E-state index >= 15 is 0 Å². The van der Waals surface area contributed by atoms with Crippen molar-refractivity contribution < 1.29 is 0 Å². The van der Waals surface area contributed by atoms with E-state index < -0.39 is 0 Å². The summed E-state index contributed by atoms with van der Waals surface area (Å²) in [6.07, 6.45) is 3.47. The zero-order chi connectivity index (χ0) is 9.42. The van der Waals surface area contributed by atoms with Crippen molar-refractivity contribution in [2.24, 2.45) is 5.92 Å². The zero-order valence-electron chi connectivity index (χ0n) is 8.38. The minimum absolute atomic E-state index is 0.768. The molecule has 1 aromatic heterocycles. The van der Waals surface area contributed by atoms with Gasteiger partial charge in [-0.15, -0.1) is 0 Å². The predicted molar refractivity (Wildman–Crippen MR) is 53.5 cm³/mol. The van der Waals surface area contributed by atoms with Crippen molar-refractivity contribution in [2.45, 2.75) is 39.7 Å². The lowest BCUT2D eigenvalue weighted by Crippen LogP contribution is -2.11. The van der Waals surface area contributed by atoms with E-state index in [9.17, 15) is 0 Å². The summed E-state index contributed by atoms with van der Waals surface area (Å²) in [6.45, 7) is 5.25. The van der Waals surface area contributed by atoms with Crippen molar-refractivity contribution in [3.8, 4) is 0 Å². The lowest BCUT2D eigenvalue weighted by Gasteiger charge is -2.16. The molecular formula is C10H17N3. The third-order valence-electron chi connectivity index (χ3n) is 2.90. The van der Waals surface area contributed by atoms with Crippen LogP contribution in [0.25, 0.3) is 0 Å². The van der Waals surface area contributed by atoms with E-state index in [4.69, 9.17) is 5.73 Å². The van der Waals surface area contributed by atoms with E-state index in [1.165, 1.54) is 17.7 Å². The molecule has 0 saturated heterocycles. The maximum absolute atomic E-state index is 6.00. The Morgan fingerprint density at radius 3 is 3.08 bits per heavy atom. The fraction of sp³-hybridized carbons (Fsp3) is 0.700. The maximum atomic E-state index is 6.00. The lowest BCUT2D eigenvalue weighted by molar-refractivity contribution is 0.496. The molecular weight excluding hydrogens is 162 g/mol. The number of fused-ring (bicyclic) bond motifs is 1. The van der Waals surface area contributed by atoms with Crippen molar-refractivity contribution in [1.29, 1.82) is 0 Å². The van der Waals surface area contributed by atoms with E-state index in [-0.39, 0.29) is 0 Å². The van der Waals surface area contributed by atoms with Crippen LogP contribution in [0.2, 0.25) is 0 Å². The third-order valence-corrected chi connectivity index (χ3v) is 2.90. The molecule has 13 heavy (non-hydrogen) atoms. The number of hydrogen-bond donors (Lipinski definition) is 1. The minimum atomic E-state index is 0.768. The quantitative estimate of drug-likeness (QED) is 0.711. The molecule has 2 N–H and O–H groups in total. The zero-order valence-corrected chi connectivity index (χ0v) is 8.38. The van der Waals surface area contributed by atoms with Gasteiger partial charge in [-0.05, 0) is 32.1 Å². The van der Waals surface area contributed by atoms with E-state index in [1.807, 2.05) is 4.68 Å². The molecule has 0 saturated carbocycles. The van der Waals surface area contributed by atoms with Crippen LogP contribution in [0.4, 0.5) is 5.82 Å². The Balaban J connectivity index is 2.40. The second kappa shape index (κ2) is 3.05. The van der Waals surface area contributed by atoms with Gasteiger partial charge in [-0.25, -0.2) is 4.68 Å². The van der Waals surface area contributed by atoms with Gasteiger partial charge in [-0.2, -0.15) is 5.10 Å². The number of nitrogens with zero attached hydrogens (tertiary/aromatic N) is 2. The van der Waals surface area contributed by atoms with Gasteiger partial charge in [0.1, 0.15) is 5.82 Å². The molecule has 0 amide bonds. The van der Waals surface area contributed by atoms with Gasteiger partial charge in [0.25, 0.3) is 0 Å². The van der Waals surface area contributed by atoms with Crippen molar-refractivity contribution in [2.75, 3.05) is 5.73 Å². The number of nitrogens with two attached hydrogens (primary N) is 1. The van der Waals surface area contributed by atoms with Gasteiger partial charge in [0.2, 0.25) is 0 Å². The highest BCUT2D eigenvalue weighted by Crippen LogP contribution is 2.28. The van der Waals surface area contributed by atoms with Crippen LogP contribution < -0.4 is 5.73 Å². The van der Waals surface area contributed by atoms with Crippen LogP contribution in [0.5, 0.6) is 0 Å². The molecule has 0 aromatic carbocycles. The summed E-state index contributed by atoms with van der Waals surface area (Å²) < 4.78 is 1.92. The van der Waals surface area contributed by atoms with Crippen LogP contribution in [0, 0.1) is 5.92 Å². The Labute approximate surface area is 78.9 Å². The molecule has 72 valence electrons. The summed E-state index contributed by atoms with van der Waals surface area (Å²) in [5.74, 6) is 1.66. The van der Waals surface area contributed by atoms with Gasteiger partial charge in [0.15, 0.2) is 0 Å². The third kappa shape index (κ3) is 1.32. The highest BCUT2D eigenvalue weighted by Gasteiger charge is 2.21. The van der Waals surface area contributed by atoms with Crippen LogP contribution in [0.3, 0.4) is 0 Å². The van der Waals surface area contributed by atoms with Gasteiger partial charge >= 0.3 is 0 Å². The number of aromatic nitrogens is 2. The smallest absolute Gasteiger partial charge is 0.125 e. The first-order valence-corrected chi connectivity index (χ1v) is 5.06. The molecule has 1 aliphatic rings. The Bertz CT molecular complexity index is 314. The summed E-state index contributed by atoms with van der Waals surface area (Å²) in [7, 11) is 0. The molecule has 0 fully saturated rings. The molecule has 3 heteroatoms. The van der Waals surface area contributed by atoms with E-state index in [1.54, 1.807) is 0 Å².